The Labute approximate surface area is 118 Å². The summed E-state index contributed by atoms with van der Waals surface area (Å²) in [4.78, 5) is 23.4. The molecule has 0 aromatic carbocycles. The number of thiophene rings is 1. The van der Waals surface area contributed by atoms with E-state index in [-0.39, 0.29) is 12.4 Å². The zero-order valence-corrected chi connectivity index (χ0v) is 11.2. The first-order chi connectivity index (χ1) is 9.15. The fourth-order valence-electron chi connectivity index (χ4n) is 1.26. The Balaban J connectivity index is 1.82. The molecule has 4 nitrogen and oxygen atoms in total. The minimum atomic E-state index is -0.604. The van der Waals surface area contributed by atoms with Gasteiger partial charge in [0.15, 0.2) is 6.61 Å². The first-order valence-electron chi connectivity index (χ1n) is 5.32. The molecule has 2 rings (SSSR count). The normalized spacial score (nSPS) is 10.8. The summed E-state index contributed by atoms with van der Waals surface area (Å²) >= 11 is 6.86. The van der Waals surface area contributed by atoms with Crippen molar-refractivity contribution in [2.45, 2.75) is 0 Å². The quantitative estimate of drug-likeness (QED) is 0.482. The third kappa shape index (κ3) is 4.08. The standard InChI is InChI=1S/C13H9ClO4S/c14-12-5-4-11(19-12)10(15)8-18-13(16)6-3-9-2-1-7-17-9/h1-7H,8H2/b6-3+. The molecular weight excluding hydrogens is 288 g/mol. The fraction of sp³-hybridized carbons (Fsp3) is 0.0769. The van der Waals surface area contributed by atoms with Crippen LogP contribution in [-0.4, -0.2) is 18.4 Å². The van der Waals surface area contributed by atoms with E-state index < -0.39 is 5.97 Å². The molecule has 0 aliphatic rings. The van der Waals surface area contributed by atoms with Gasteiger partial charge in [0.05, 0.1) is 15.5 Å². The van der Waals surface area contributed by atoms with E-state index in [4.69, 9.17) is 20.8 Å². The van der Waals surface area contributed by atoms with Crippen LogP contribution in [-0.2, 0) is 9.53 Å². The van der Waals surface area contributed by atoms with Gasteiger partial charge in [-0.2, -0.15) is 0 Å². The predicted molar refractivity (Wildman–Crippen MR) is 72.4 cm³/mol. The molecule has 0 aliphatic heterocycles. The Hall–Kier alpha value is -1.85. The molecule has 0 radical (unpaired) electrons. The Morgan fingerprint density at radius 2 is 2.21 bits per heavy atom. The maximum absolute atomic E-state index is 11.6. The maximum Gasteiger partial charge on any atom is 0.331 e. The molecule has 0 saturated carbocycles. The van der Waals surface area contributed by atoms with Crippen molar-refractivity contribution in [1.82, 2.24) is 0 Å². The highest BCUT2D eigenvalue weighted by Gasteiger charge is 2.10. The van der Waals surface area contributed by atoms with Crippen LogP contribution >= 0.6 is 22.9 Å². The van der Waals surface area contributed by atoms with Gasteiger partial charge in [0, 0.05) is 6.08 Å². The van der Waals surface area contributed by atoms with Crippen molar-refractivity contribution < 1.29 is 18.7 Å². The van der Waals surface area contributed by atoms with E-state index in [1.165, 1.54) is 18.4 Å². The molecule has 19 heavy (non-hydrogen) atoms. The van der Waals surface area contributed by atoms with E-state index >= 15 is 0 Å². The van der Waals surface area contributed by atoms with Crippen LogP contribution in [0.3, 0.4) is 0 Å². The third-order valence-corrected chi connectivity index (χ3v) is 3.39. The van der Waals surface area contributed by atoms with Crippen LogP contribution in [0.2, 0.25) is 4.34 Å². The van der Waals surface area contributed by atoms with Crippen LogP contribution in [0.1, 0.15) is 15.4 Å². The molecule has 0 saturated heterocycles. The predicted octanol–water partition coefficient (Wildman–Crippen LogP) is 3.43. The molecule has 2 heterocycles. The van der Waals surface area contributed by atoms with Gasteiger partial charge in [0.1, 0.15) is 5.76 Å². The lowest BCUT2D eigenvalue weighted by Crippen LogP contribution is -2.11. The minimum Gasteiger partial charge on any atom is -0.465 e. The average molecular weight is 297 g/mol. The second kappa shape index (κ2) is 6.36. The van der Waals surface area contributed by atoms with Crippen molar-refractivity contribution >= 4 is 40.8 Å². The van der Waals surface area contributed by atoms with Crippen LogP contribution in [0.25, 0.3) is 6.08 Å². The molecule has 0 fully saturated rings. The van der Waals surface area contributed by atoms with Crippen molar-refractivity contribution in [1.29, 1.82) is 0 Å². The first-order valence-corrected chi connectivity index (χ1v) is 6.51. The topological polar surface area (TPSA) is 56.5 Å². The highest BCUT2D eigenvalue weighted by atomic mass is 35.5. The molecule has 0 aliphatic carbocycles. The van der Waals surface area contributed by atoms with Gasteiger partial charge in [0.2, 0.25) is 5.78 Å². The van der Waals surface area contributed by atoms with Crippen LogP contribution < -0.4 is 0 Å². The maximum atomic E-state index is 11.6. The molecule has 2 aromatic heterocycles. The van der Waals surface area contributed by atoms with Gasteiger partial charge in [-0.05, 0) is 30.3 Å². The van der Waals surface area contributed by atoms with E-state index in [2.05, 4.69) is 0 Å². The number of esters is 1. The Bertz CT molecular complexity index is 598. The van der Waals surface area contributed by atoms with E-state index in [1.54, 1.807) is 24.3 Å². The largest absolute Gasteiger partial charge is 0.465 e. The second-order valence-electron chi connectivity index (χ2n) is 3.48. The zero-order valence-electron chi connectivity index (χ0n) is 9.67. The molecule has 0 N–H and O–H groups in total. The minimum absolute atomic E-state index is 0.281. The molecule has 6 heteroatoms. The number of furan rings is 1. The highest BCUT2D eigenvalue weighted by Crippen LogP contribution is 2.21. The zero-order chi connectivity index (χ0) is 13.7. The van der Waals surface area contributed by atoms with Crippen molar-refractivity contribution in [2.24, 2.45) is 0 Å². The summed E-state index contributed by atoms with van der Waals surface area (Å²) in [5, 5.41) is 0. The van der Waals surface area contributed by atoms with Gasteiger partial charge >= 0.3 is 5.97 Å². The number of ether oxygens (including phenoxy) is 1. The fourth-order valence-corrected chi connectivity index (χ4v) is 2.22. The summed E-state index contributed by atoms with van der Waals surface area (Å²) in [6.07, 6.45) is 4.16. The van der Waals surface area contributed by atoms with E-state index in [9.17, 15) is 9.59 Å². The van der Waals surface area contributed by atoms with E-state index in [0.717, 1.165) is 11.3 Å². The van der Waals surface area contributed by atoms with Crippen molar-refractivity contribution in [3.8, 4) is 0 Å². The number of Topliss-reactive ketones (excluding diaryl/α,β-unsaturated/α-hetero) is 1. The number of carbonyl (C=O) groups excluding carboxylic acids is 2. The number of rotatable bonds is 5. The average Bonchev–Trinajstić information content (AvgIpc) is 3.04. The monoisotopic (exact) mass is 296 g/mol. The van der Waals surface area contributed by atoms with Crippen molar-refractivity contribution in [3.05, 3.63) is 51.6 Å². The summed E-state index contributed by atoms with van der Waals surface area (Å²) < 4.78 is 10.3. The summed E-state index contributed by atoms with van der Waals surface area (Å²) in [5.74, 6) is -0.350. The molecule has 0 atom stereocenters. The smallest absolute Gasteiger partial charge is 0.331 e. The lowest BCUT2D eigenvalue weighted by atomic mass is 10.3. The molecular formula is C13H9ClO4S. The summed E-state index contributed by atoms with van der Waals surface area (Å²) in [5.41, 5.74) is 0. The number of carbonyl (C=O) groups is 2. The number of hydrogen-bond acceptors (Lipinski definition) is 5. The van der Waals surface area contributed by atoms with Gasteiger partial charge in [-0.25, -0.2) is 4.79 Å². The third-order valence-electron chi connectivity index (χ3n) is 2.12. The highest BCUT2D eigenvalue weighted by molar-refractivity contribution is 7.18. The van der Waals surface area contributed by atoms with Crippen LogP contribution in [0.4, 0.5) is 0 Å². The van der Waals surface area contributed by atoms with Gasteiger partial charge in [-0.15, -0.1) is 11.3 Å². The Morgan fingerprint density at radius 3 is 2.84 bits per heavy atom. The van der Waals surface area contributed by atoms with Gasteiger partial charge in [-0.3, -0.25) is 4.79 Å². The number of ketones is 1. The SMILES string of the molecule is O=C(/C=C/c1ccco1)OCC(=O)c1ccc(Cl)s1. The van der Waals surface area contributed by atoms with Crippen LogP contribution in [0.5, 0.6) is 0 Å². The molecule has 0 unspecified atom stereocenters. The lowest BCUT2D eigenvalue weighted by molar-refractivity contribution is -0.136. The van der Waals surface area contributed by atoms with E-state index in [1.807, 2.05) is 0 Å². The molecule has 0 spiro atoms. The first kappa shape index (κ1) is 13.6. The summed E-state index contributed by atoms with van der Waals surface area (Å²) in [6, 6.07) is 6.62. The van der Waals surface area contributed by atoms with Crippen LogP contribution in [0.15, 0.2) is 41.0 Å². The summed E-state index contributed by atoms with van der Waals surface area (Å²) in [6.45, 7) is -0.307. The Morgan fingerprint density at radius 1 is 1.37 bits per heavy atom. The van der Waals surface area contributed by atoms with E-state index in [0.29, 0.717) is 15.0 Å². The molecule has 0 bridgehead atoms. The molecule has 2 aromatic rings. The second-order valence-corrected chi connectivity index (χ2v) is 5.20. The Kier molecular flexibility index (Phi) is 4.54. The van der Waals surface area contributed by atoms with Crippen molar-refractivity contribution in [2.75, 3.05) is 6.61 Å². The van der Waals surface area contributed by atoms with Crippen LogP contribution in [0, 0.1) is 0 Å². The van der Waals surface area contributed by atoms with Gasteiger partial charge < -0.3 is 9.15 Å². The summed E-state index contributed by atoms with van der Waals surface area (Å²) in [7, 11) is 0. The molecule has 98 valence electrons. The molecule has 0 amide bonds. The van der Waals surface area contributed by atoms with Gasteiger partial charge in [-0.1, -0.05) is 11.6 Å². The lowest BCUT2D eigenvalue weighted by Gasteiger charge is -1.98. The van der Waals surface area contributed by atoms with Gasteiger partial charge in [0.25, 0.3) is 0 Å². The number of halogens is 1. The van der Waals surface area contributed by atoms with Crippen molar-refractivity contribution in [3.63, 3.8) is 0 Å². The number of hydrogen-bond donors (Lipinski definition) is 0.